The Hall–Kier alpha value is -2.53. The molecule has 1 heterocycles. The number of benzene rings is 2. The van der Waals surface area contributed by atoms with E-state index in [0.717, 1.165) is 41.8 Å². The van der Waals surface area contributed by atoms with Crippen molar-refractivity contribution in [3.05, 3.63) is 53.2 Å². The van der Waals surface area contributed by atoms with Crippen LogP contribution in [0.2, 0.25) is 0 Å². The summed E-state index contributed by atoms with van der Waals surface area (Å²) >= 11 is 0. The zero-order valence-corrected chi connectivity index (χ0v) is 13.7. The maximum absolute atomic E-state index is 12.0. The van der Waals surface area contributed by atoms with Gasteiger partial charge in [0.05, 0.1) is 7.11 Å². The number of amides is 1. The van der Waals surface area contributed by atoms with Crippen molar-refractivity contribution in [2.75, 3.05) is 19.1 Å². The Morgan fingerprint density at radius 2 is 2.08 bits per heavy atom. The summed E-state index contributed by atoms with van der Waals surface area (Å²) in [6.45, 7) is 1.42. The van der Waals surface area contributed by atoms with Crippen molar-refractivity contribution in [1.29, 1.82) is 0 Å². The van der Waals surface area contributed by atoms with Crippen LogP contribution in [0.1, 0.15) is 24.8 Å². The predicted molar refractivity (Wildman–Crippen MR) is 94.7 cm³/mol. The summed E-state index contributed by atoms with van der Waals surface area (Å²) in [5.74, 6) is 0.961. The van der Waals surface area contributed by atoms with E-state index in [1.54, 1.807) is 19.2 Å². The topological polar surface area (TPSA) is 64.6 Å². The van der Waals surface area contributed by atoms with Crippen molar-refractivity contribution in [1.82, 2.24) is 4.90 Å². The van der Waals surface area contributed by atoms with Gasteiger partial charge in [0, 0.05) is 30.8 Å². The molecule has 0 atom stereocenters. The van der Waals surface area contributed by atoms with Crippen molar-refractivity contribution in [3.8, 4) is 16.9 Å². The number of methoxy groups -OCH3 is 1. The third-order valence-electron chi connectivity index (χ3n) is 4.35. The van der Waals surface area contributed by atoms with E-state index in [1.165, 1.54) is 0 Å². The van der Waals surface area contributed by atoms with Gasteiger partial charge in [0.15, 0.2) is 0 Å². The Morgan fingerprint density at radius 3 is 2.83 bits per heavy atom. The van der Waals surface area contributed by atoms with Gasteiger partial charge in [0.25, 0.3) is 0 Å². The largest absolute Gasteiger partial charge is 0.761 e. The lowest BCUT2D eigenvalue weighted by atomic mass is 10.0. The summed E-state index contributed by atoms with van der Waals surface area (Å²) in [5, 5.41) is 10.9. The van der Waals surface area contributed by atoms with E-state index in [4.69, 9.17) is 4.74 Å². The Bertz CT molecular complexity index is 730. The number of likely N-dealkylation sites (tertiary alicyclic amines) is 1. The lowest BCUT2D eigenvalue weighted by Crippen LogP contribution is -2.34. The van der Waals surface area contributed by atoms with E-state index in [-0.39, 0.29) is 5.91 Å². The van der Waals surface area contributed by atoms with Gasteiger partial charge in [-0.2, -0.15) is 0 Å². The number of carbonyl (C=O) groups is 1. The van der Waals surface area contributed by atoms with Crippen LogP contribution >= 0.6 is 0 Å². The lowest BCUT2D eigenvalue weighted by molar-refractivity contribution is -0.133. The molecule has 1 aliphatic rings. The average molecular weight is 325 g/mol. The Balaban J connectivity index is 1.91. The molecule has 1 amide bonds. The summed E-state index contributed by atoms with van der Waals surface area (Å²) in [7, 11) is 1.63. The second-order valence-corrected chi connectivity index (χ2v) is 5.99. The van der Waals surface area contributed by atoms with Gasteiger partial charge < -0.3 is 20.3 Å². The molecule has 126 valence electrons. The van der Waals surface area contributed by atoms with Gasteiger partial charge in [-0.05, 0) is 48.2 Å². The van der Waals surface area contributed by atoms with Crippen LogP contribution in [-0.2, 0) is 11.3 Å². The molecule has 0 aromatic heterocycles. The first-order chi connectivity index (χ1) is 11.7. The van der Waals surface area contributed by atoms with Gasteiger partial charge in [-0.1, -0.05) is 18.2 Å². The number of piperidine rings is 1. The Labute approximate surface area is 141 Å². The zero-order valence-electron chi connectivity index (χ0n) is 13.7. The standard InChI is InChI=1S/C19H21N2O3/c1-24-18-9-8-14(13-21-10-3-2-7-19(21)22)11-17(18)15-5-4-6-16(12-15)20-23/h4-6,8-9,11-12,20H,2-3,7,10,13H2,1H3/q-1. The number of carbonyl (C=O) groups excluding carboxylic acids is 1. The molecule has 3 rings (SSSR count). The fourth-order valence-electron chi connectivity index (χ4n) is 3.08. The average Bonchev–Trinajstić information content (AvgIpc) is 2.63. The maximum atomic E-state index is 12.0. The molecule has 24 heavy (non-hydrogen) atoms. The number of nitrogens with one attached hydrogen (secondary N) is 1. The van der Waals surface area contributed by atoms with Gasteiger partial charge in [-0.15, -0.1) is 0 Å². The molecule has 0 saturated carbocycles. The molecular weight excluding hydrogens is 304 g/mol. The highest BCUT2D eigenvalue weighted by atomic mass is 16.5. The fraction of sp³-hybridized carbons (Fsp3) is 0.316. The SMILES string of the molecule is COc1ccc(CN2CCCCC2=O)cc1-c1cccc(N[O-])c1. The molecule has 5 heteroatoms. The van der Waals surface area contributed by atoms with Crippen LogP contribution in [0.25, 0.3) is 11.1 Å². The first-order valence-electron chi connectivity index (χ1n) is 8.14. The number of hydrogen-bond acceptors (Lipinski definition) is 4. The summed E-state index contributed by atoms with van der Waals surface area (Å²) < 4.78 is 5.46. The Kier molecular flexibility index (Phi) is 5.01. The molecular formula is C19H21N2O3-. The molecule has 1 saturated heterocycles. The van der Waals surface area contributed by atoms with Gasteiger partial charge >= 0.3 is 0 Å². The molecule has 1 N–H and O–H groups in total. The molecule has 0 radical (unpaired) electrons. The van der Waals surface area contributed by atoms with Crippen LogP contribution in [0.5, 0.6) is 5.75 Å². The number of hydrogen-bond donors (Lipinski definition) is 1. The highest BCUT2D eigenvalue weighted by Gasteiger charge is 2.18. The zero-order chi connectivity index (χ0) is 16.9. The van der Waals surface area contributed by atoms with Crippen LogP contribution in [0.4, 0.5) is 5.69 Å². The van der Waals surface area contributed by atoms with Gasteiger partial charge in [0.2, 0.25) is 5.91 Å². The van der Waals surface area contributed by atoms with Crippen LogP contribution in [0, 0.1) is 5.21 Å². The monoisotopic (exact) mass is 325 g/mol. The highest BCUT2D eigenvalue weighted by Crippen LogP contribution is 2.33. The second kappa shape index (κ2) is 7.36. The number of ether oxygens (including phenoxy) is 1. The Morgan fingerprint density at radius 1 is 1.21 bits per heavy atom. The first-order valence-corrected chi connectivity index (χ1v) is 8.14. The molecule has 1 fully saturated rings. The maximum Gasteiger partial charge on any atom is 0.222 e. The quantitative estimate of drug-likeness (QED) is 0.850. The number of anilines is 1. The van der Waals surface area contributed by atoms with E-state index < -0.39 is 0 Å². The van der Waals surface area contributed by atoms with Crippen molar-refractivity contribution in [2.45, 2.75) is 25.8 Å². The second-order valence-electron chi connectivity index (χ2n) is 5.99. The minimum atomic E-state index is 0.219. The van der Waals surface area contributed by atoms with Crippen LogP contribution < -0.4 is 10.2 Å². The van der Waals surface area contributed by atoms with E-state index in [0.29, 0.717) is 18.7 Å². The van der Waals surface area contributed by atoms with Crippen molar-refractivity contribution < 1.29 is 9.53 Å². The molecule has 2 aromatic carbocycles. The third kappa shape index (κ3) is 3.51. The molecule has 0 aliphatic carbocycles. The van der Waals surface area contributed by atoms with Crippen molar-refractivity contribution >= 4 is 11.6 Å². The third-order valence-corrected chi connectivity index (χ3v) is 4.35. The van der Waals surface area contributed by atoms with Crippen LogP contribution in [-0.4, -0.2) is 24.5 Å². The number of nitrogens with zero attached hydrogens (tertiary/aromatic N) is 1. The minimum absolute atomic E-state index is 0.219. The van der Waals surface area contributed by atoms with Crippen molar-refractivity contribution in [2.24, 2.45) is 0 Å². The van der Waals surface area contributed by atoms with E-state index in [2.05, 4.69) is 0 Å². The molecule has 5 nitrogen and oxygen atoms in total. The summed E-state index contributed by atoms with van der Waals surface area (Å²) in [6.07, 6.45) is 2.68. The van der Waals surface area contributed by atoms with Gasteiger partial charge in [0.1, 0.15) is 5.75 Å². The first kappa shape index (κ1) is 16.3. The van der Waals surface area contributed by atoms with E-state index in [9.17, 15) is 10.0 Å². The highest BCUT2D eigenvalue weighted by molar-refractivity contribution is 5.77. The summed E-state index contributed by atoms with van der Waals surface area (Å²) in [4.78, 5) is 13.9. The molecule has 0 bridgehead atoms. The van der Waals surface area contributed by atoms with Crippen LogP contribution in [0.3, 0.4) is 0 Å². The molecule has 2 aromatic rings. The normalized spacial score (nSPS) is 14.6. The predicted octanol–water partition coefficient (Wildman–Crippen LogP) is 3.78. The number of rotatable bonds is 5. The van der Waals surface area contributed by atoms with Gasteiger partial charge in [-0.3, -0.25) is 4.79 Å². The summed E-state index contributed by atoms with van der Waals surface area (Å²) in [5.41, 5.74) is 5.30. The minimum Gasteiger partial charge on any atom is -0.761 e. The molecule has 0 spiro atoms. The van der Waals surface area contributed by atoms with Crippen molar-refractivity contribution in [3.63, 3.8) is 0 Å². The molecule has 1 aliphatic heterocycles. The van der Waals surface area contributed by atoms with Crippen LogP contribution in [0.15, 0.2) is 42.5 Å². The van der Waals surface area contributed by atoms with E-state index in [1.807, 2.05) is 40.7 Å². The smallest absolute Gasteiger partial charge is 0.222 e. The van der Waals surface area contributed by atoms with E-state index >= 15 is 0 Å². The lowest BCUT2D eigenvalue weighted by Gasteiger charge is -2.27. The fourth-order valence-corrected chi connectivity index (χ4v) is 3.08. The molecule has 0 unspecified atom stereocenters. The summed E-state index contributed by atoms with van der Waals surface area (Å²) in [6, 6.07) is 13.2. The van der Waals surface area contributed by atoms with Gasteiger partial charge in [-0.25, -0.2) is 0 Å².